The number of carbonyl (C=O) groups excluding carboxylic acids is 1. The van der Waals surface area contributed by atoms with Gasteiger partial charge >= 0.3 is 5.97 Å². The van der Waals surface area contributed by atoms with Crippen molar-refractivity contribution in [3.63, 3.8) is 0 Å². The first-order valence-electron chi connectivity index (χ1n) is 9.62. The van der Waals surface area contributed by atoms with Crippen LogP contribution in [0.4, 0.5) is 0 Å². The smallest absolute Gasteiger partial charge is 0.329 e. The maximum Gasteiger partial charge on any atom is 0.329 e. The summed E-state index contributed by atoms with van der Waals surface area (Å²) in [5, 5.41) is 16.3. The Morgan fingerprint density at radius 2 is 1.86 bits per heavy atom. The molecular weight excluding hydrogens is 362 g/mol. The van der Waals surface area contributed by atoms with Crippen LogP contribution in [-0.4, -0.2) is 32.7 Å². The zero-order valence-corrected chi connectivity index (χ0v) is 15.9. The standard InChI is InChI=1S/C20H25N3O5/c1-2-17-21-16(23-28-17)13-27-15-9-7-14(8-10-15)18(24)22-20(19(25)26)11-5-3-4-6-12-20/h7-10H,2-6,11-13H2,1H3,(H,22,24)(H,25,26). The van der Waals surface area contributed by atoms with Crippen LogP contribution in [0.2, 0.25) is 0 Å². The third-order valence-electron chi connectivity index (χ3n) is 5.02. The zero-order chi connectivity index (χ0) is 20.0. The molecule has 1 aliphatic rings. The molecule has 1 amide bonds. The van der Waals surface area contributed by atoms with Crippen LogP contribution in [0.1, 0.15) is 67.5 Å². The molecule has 2 aromatic rings. The predicted octanol–water partition coefficient (Wildman–Crippen LogP) is 3.12. The number of aryl methyl sites for hydroxylation is 1. The van der Waals surface area contributed by atoms with Crippen LogP contribution in [0, 0.1) is 0 Å². The fourth-order valence-electron chi connectivity index (χ4n) is 3.36. The molecule has 0 spiro atoms. The maximum absolute atomic E-state index is 12.6. The van der Waals surface area contributed by atoms with Gasteiger partial charge in [-0.2, -0.15) is 4.98 Å². The molecule has 1 aliphatic carbocycles. The summed E-state index contributed by atoms with van der Waals surface area (Å²) in [6.45, 7) is 2.09. The Morgan fingerprint density at radius 3 is 2.43 bits per heavy atom. The highest BCUT2D eigenvalue weighted by atomic mass is 16.5. The number of carboxylic acids is 1. The molecule has 28 heavy (non-hydrogen) atoms. The second kappa shape index (κ2) is 8.86. The summed E-state index contributed by atoms with van der Waals surface area (Å²) in [5.74, 6) is 0.213. The van der Waals surface area contributed by atoms with Gasteiger partial charge in [-0.15, -0.1) is 0 Å². The van der Waals surface area contributed by atoms with E-state index in [0.29, 0.717) is 42.3 Å². The molecular formula is C20H25N3O5. The lowest BCUT2D eigenvalue weighted by Crippen LogP contribution is -2.54. The van der Waals surface area contributed by atoms with Gasteiger partial charge in [0, 0.05) is 12.0 Å². The van der Waals surface area contributed by atoms with Crippen molar-refractivity contribution in [3.05, 3.63) is 41.5 Å². The molecule has 0 aliphatic heterocycles. The number of aromatic nitrogens is 2. The first-order chi connectivity index (χ1) is 13.5. The SMILES string of the molecule is CCc1nc(COc2ccc(C(=O)NC3(C(=O)O)CCCCCC3)cc2)no1. The van der Waals surface area contributed by atoms with Gasteiger partial charge in [0.1, 0.15) is 11.3 Å². The van der Waals surface area contributed by atoms with Crippen molar-refractivity contribution in [2.75, 3.05) is 0 Å². The highest BCUT2D eigenvalue weighted by Gasteiger charge is 2.40. The average molecular weight is 387 g/mol. The molecule has 1 fully saturated rings. The van der Waals surface area contributed by atoms with Crippen LogP contribution in [0.15, 0.2) is 28.8 Å². The van der Waals surface area contributed by atoms with E-state index in [1.165, 1.54) is 0 Å². The minimum absolute atomic E-state index is 0.164. The first kappa shape index (κ1) is 19.9. The van der Waals surface area contributed by atoms with Gasteiger partial charge in [0.15, 0.2) is 6.61 Å². The number of hydrogen-bond donors (Lipinski definition) is 2. The summed E-state index contributed by atoms with van der Waals surface area (Å²) in [6.07, 6.45) is 5.17. The number of hydrogen-bond acceptors (Lipinski definition) is 6. The van der Waals surface area contributed by atoms with Crippen molar-refractivity contribution in [2.45, 2.75) is 64.0 Å². The molecule has 1 heterocycles. The van der Waals surface area contributed by atoms with E-state index in [2.05, 4.69) is 15.5 Å². The monoisotopic (exact) mass is 387 g/mol. The van der Waals surface area contributed by atoms with Crippen molar-refractivity contribution in [1.82, 2.24) is 15.5 Å². The first-order valence-corrected chi connectivity index (χ1v) is 9.62. The van der Waals surface area contributed by atoms with E-state index >= 15 is 0 Å². The summed E-state index contributed by atoms with van der Waals surface area (Å²) in [4.78, 5) is 28.6. The number of nitrogens with zero attached hydrogens (tertiary/aromatic N) is 2. The van der Waals surface area contributed by atoms with Crippen molar-refractivity contribution < 1.29 is 24.0 Å². The fourth-order valence-corrected chi connectivity index (χ4v) is 3.36. The zero-order valence-electron chi connectivity index (χ0n) is 15.9. The van der Waals surface area contributed by atoms with Crippen LogP contribution >= 0.6 is 0 Å². The molecule has 0 saturated heterocycles. The molecule has 1 aromatic carbocycles. The number of carbonyl (C=O) groups is 2. The summed E-state index contributed by atoms with van der Waals surface area (Å²) in [5.41, 5.74) is -0.789. The Balaban J connectivity index is 1.61. The molecule has 2 N–H and O–H groups in total. The topological polar surface area (TPSA) is 115 Å². The van der Waals surface area contributed by atoms with Crippen LogP contribution in [-0.2, 0) is 17.8 Å². The van der Waals surface area contributed by atoms with E-state index in [1.807, 2.05) is 6.92 Å². The number of rotatable bonds is 7. The number of amides is 1. The van der Waals surface area contributed by atoms with Crippen molar-refractivity contribution in [1.29, 1.82) is 0 Å². The molecule has 1 saturated carbocycles. The second-order valence-corrected chi connectivity index (χ2v) is 7.03. The molecule has 0 unspecified atom stereocenters. The minimum Gasteiger partial charge on any atom is -0.485 e. The normalized spacial score (nSPS) is 16.2. The third kappa shape index (κ3) is 4.68. The molecule has 3 rings (SSSR count). The van der Waals surface area contributed by atoms with Crippen molar-refractivity contribution in [2.24, 2.45) is 0 Å². The van der Waals surface area contributed by atoms with Crippen molar-refractivity contribution >= 4 is 11.9 Å². The minimum atomic E-state index is -1.18. The van der Waals surface area contributed by atoms with E-state index in [1.54, 1.807) is 24.3 Å². The Kier molecular flexibility index (Phi) is 6.28. The Labute approximate surface area is 163 Å². The number of nitrogens with one attached hydrogen (secondary N) is 1. The predicted molar refractivity (Wildman–Crippen MR) is 100.0 cm³/mol. The lowest BCUT2D eigenvalue weighted by molar-refractivity contribution is -0.145. The van der Waals surface area contributed by atoms with Gasteiger partial charge in [0.2, 0.25) is 11.7 Å². The number of ether oxygens (including phenoxy) is 1. The third-order valence-corrected chi connectivity index (χ3v) is 5.02. The van der Waals surface area contributed by atoms with E-state index in [9.17, 15) is 14.7 Å². The molecule has 1 aromatic heterocycles. The summed E-state index contributed by atoms with van der Waals surface area (Å²) >= 11 is 0. The molecule has 8 heteroatoms. The van der Waals surface area contributed by atoms with E-state index < -0.39 is 11.5 Å². The number of carboxylic acid groups (broad SMARTS) is 1. The number of benzene rings is 1. The lowest BCUT2D eigenvalue weighted by atomic mass is 9.90. The molecule has 0 bridgehead atoms. The largest absolute Gasteiger partial charge is 0.485 e. The van der Waals surface area contributed by atoms with Gasteiger partial charge < -0.3 is 19.7 Å². The molecule has 150 valence electrons. The van der Waals surface area contributed by atoms with Gasteiger partial charge in [-0.25, -0.2) is 4.79 Å². The fraction of sp³-hybridized carbons (Fsp3) is 0.500. The summed E-state index contributed by atoms with van der Waals surface area (Å²) in [7, 11) is 0. The molecule has 0 radical (unpaired) electrons. The Hall–Kier alpha value is -2.90. The average Bonchev–Trinajstić information content (AvgIpc) is 3.04. The Bertz CT molecular complexity index is 808. The van der Waals surface area contributed by atoms with Crippen LogP contribution < -0.4 is 10.1 Å². The quantitative estimate of drug-likeness (QED) is 0.701. The van der Waals surface area contributed by atoms with Crippen molar-refractivity contribution in [3.8, 4) is 5.75 Å². The van der Waals surface area contributed by atoms with Crippen LogP contribution in [0.3, 0.4) is 0 Å². The van der Waals surface area contributed by atoms with Gasteiger partial charge in [0.05, 0.1) is 0 Å². The van der Waals surface area contributed by atoms with Gasteiger partial charge in [-0.3, -0.25) is 4.79 Å². The second-order valence-electron chi connectivity index (χ2n) is 7.03. The van der Waals surface area contributed by atoms with E-state index in [-0.39, 0.29) is 12.5 Å². The molecule has 8 nitrogen and oxygen atoms in total. The maximum atomic E-state index is 12.6. The molecule has 0 atom stereocenters. The van der Waals surface area contributed by atoms with Gasteiger partial charge in [-0.05, 0) is 37.1 Å². The Morgan fingerprint density at radius 1 is 1.18 bits per heavy atom. The summed E-state index contributed by atoms with van der Waals surface area (Å²) in [6, 6.07) is 6.56. The van der Waals surface area contributed by atoms with Crippen LogP contribution in [0.5, 0.6) is 5.75 Å². The summed E-state index contributed by atoms with van der Waals surface area (Å²) < 4.78 is 10.6. The van der Waals surface area contributed by atoms with Gasteiger partial charge in [0.25, 0.3) is 5.91 Å². The van der Waals surface area contributed by atoms with Crippen LogP contribution in [0.25, 0.3) is 0 Å². The highest BCUT2D eigenvalue weighted by Crippen LogP contribution is 2.28. The van der Waals surface area contributed by atoms with E-state index in [4.69, 9.17) is 9.26 Å². The van der Waals surface area contributed by atoms with Gasteiger partial charge in [-0.1, -0.05) is 37.8 Å². The highest BCUT2D eigenvalue weighted by molar-refractivity contribution is 5.98. The lowest BCUT2D eigenvalue weighted by Gasteiger charge is -2.29. The number of aliphatic carboxylic acids is 1. The van der Waals surface area contributed by atoms with E-state index in [0.717, 1.165) is 25.7 Å².